The summed E-state index contributed by atoms with van der Waals surface area (Å²) in [4.78, 5) is 0. The number of hydrogen-bond acceptors (Lipinski definition) is 3. The molecule has 0 atom stereocenters. The fraction of sp³-hybridized carbons (Fsp3) is 0.133. The number of alkyl halides is 3. The van der Waals surface area contributed by atoms with Gasteiger partial charge in [-0.15, -0.1) is 0 Å². The van der Waals surface area contributed by atoms with E-state index in [4.69, 9.17) is 27.9 Å². The predicted molar refractivity (Wildman–Crippen MR) is 82.1 cm³/mol. The van der Waals surface area contributed by atoms with Gasteiger partial charge in [-0.1, -0.05) is 29.8 Å². The van der Waals surface area contributed by atoms with Crippen LogP contribution < -0.4 is 16.3 Å². The summed E-state index contributed by atoms with van der Waals surface area (Å²) in [5.74, 6) is 4.92. The molecule has 0 radical (unpaired) electrons. The highest BCUT2D eigenvalue weighted by Crippen LogP contribution is 2.38. The average molecular weight is 344 g/mol. The molecule has 4 nitrogen and oxygen atoms in total. The molecule has 2 aromatic carbocycles. The molecular weight excluding hydrogens is 331 g/mol. The minimum atomic E-state index is -4.56. The third kappa shape index (κ3) is 4.29. The van der Waals surface area contributed by atoms with Gasteiger partial charge >= 0.3 is 6.18 Å². The number of nitrogens with zero attached hydrogens (tertiary/aromatic N) is 1. The van der Waals surface area contributed by atoms with Crippen LogP contribution in [0.3, 0.4) is 0 Å². The van der Waals surface area contributed by atoms with Crippen molar-refractivity contribution in [3.05, 3.63) is 64.2 Å². The lowest BCUT2D eigenvalue weighted by Crippen LogP contribution is -2.15. The lowest BCUT2D eigenvalue weighted by molar-refractivity contribution is -0.139. The molecule has 2 rings (SSSR count). The lowest BCUT2D eigenvalue weighted by atomic mass is 10.1. The standard InChI is InChI=1S/C15H13ClF3N3O/c16-11-4-5-13(12(7-11)15(17,18)19)23-8-9-2-1-3-10(6-9)14(20)22-21/h1-7H,8,21H2,(H2,20,22). The molecule has 0 aliphatic heterocycles. The number of amidine groups is 1. The van der Waals surface area contributed by atoms with Crippen molar-refractivity contribution in [3.8, 4) is 5.75 Å². The summed E-state index contributed by atoms with van der Waals surface area (Å²) in [5.41, 5.74) is 5.84. The summed E-state index contributed by atoms with van der Waals surface area (Å²) in [6.07, 6.45) is -4.56. The van der Waals surface area contributed by atoms with Gasteiger partial charge in [0.25, 0.3) is 0 Å². The Balaban J connectivity index is 2.22. The van der Waals surface area contributed by atoms with Gasteiger partial charge in [0.05, 0.1) is 5.56 Å². The van der Waals surface area contributed by atoms with Crippen molar-refractivity contribution in [1.82, 2.24) is 0 Å². The summed E-state index contributed by atoms with van der Waals surface area (Å²) in [6, 6.07) is 10.0. The van der Waals surface area contributed by atoms with Gasteiger partial charge in [0.2, 0.25) is 0 Å². The predicted octanol–water partition coefficient (Wildman–Crippen LogP) is 3.52. The van der Waals surface area contributed by atoms with Crippen molar-refractivity contribution in [1.29, 1.82) is 0 Å². The van der Waals surface area contributed by atoms with Crippen LogP contribution in [0.25, 0.3) is 0 Å². The molecule has 0 spiro atoms. The summed E-state index contributed by atoms with van der Waals surface area (Å²) < 4.78 is 44.2. The molecular formula is C15H13ClF3N3O. The Labute approximate surface area is 135 Å². The van der Waals surface area contributed by atoms with E-state index >= 15 is 0 Å². The Morgan fingerprint density at radius 1 is 1.17 bits per heavy atom. The second-order valence-electron chi connectivity index (χ2n) is 4.64. The molecule has 0 saturated carbocycles. The minimum absolute atomic E-state index is 0.0152. The maximum Gasteiger partial charge on any atom is 0.420 e. The van der Waals surface area contributed by atoms with Crippen molar-refractivity contribution in [2.24, 2.45) is 16.7 Å². The van der Waals surface area contributed by atoms with E-state index in [9.17, 15) is 13.2 Å². The monoisotopic (exact) mass is 343 g/mol. The summed E-state index contributed by atoms with van der Waals surface area (Å²) in [5, 5.41) is 3.35. The smallest absolute Gasteiger partial charge is 0.420 e. The molecule has 0 amide bonds. The van der Waals surface area contributed by atoms with E-state index < -0.39 is 11.7 Å². The maximum absolute atomic E-state index is 13.0. The van der Waals surface area contributed by atoms with Crippen LogP contribution in [0.2, 0.25) is 5.02 Å². The van der Waals surface area contributed by atoms with Crippen LogP contribution in [0, 0.1) is 0 Å². The van der Waals surface area contributed by atoms with Crippen molar-refractivity contribution in [3.63, 3.8) is 0 Å². The highest BCUT2D eigenvalue weighted by atomic mass is 35.5. The third-order valence-electron chi connectivity index (χ3n) is 3.00. The number of nitrogens with two attached hydrogens (primary N) is 2. The van der Waals surface area contributed by atoms with E-state index in [0.717, 1.165) is 6.07 Å². The molecule has 0 aliphatic carbocycles. The summed E-state index contributed by atoms with van der Waals surface area (Å²) in [7, 11) is 0. The molecule has 23 heavy (non-hydrogen) atoms. The number of rotatable bonds is 4. The fourth-order valence-corrected chi connectivity index (χ4v) is 2.08. The van der Waals surface area contributed by atoms with Crippen LogP contribution in [0.1, 0.15) is 16.7 Å². The first-order valence-corrected chi connectivity index (χ1v) is 6.81. The summed E-state index contributed by atoms with van der Waals surface area (Å²) >= 11 is 5.62. The highest BCUT2D eigenvalue weighted by Gasteiger charge is 2.34. The van der Waals surface area contributed by atoms with Crippen LogP contribution in [0.4, 0.5) is 13.2 Å². The van der Waals surface area contributed by atoms with Crippen LogP contribution in [-0.4, -0.2) is 5.84 Å². The molecule has 8 heteroatoms. The maximum atomic E-state index is 13.0. The van der Waals surface area contributed by atoms with Crippen LogP contribution >= 0.6 is 11.6 Å². The lowest BCUT2D eigenvalue weighted by Gasteiger charge is -2.14. The van der Waals surface area contributed by atoms with Gasteiger partial charge in [-0.2, -0.15) is 18.3 Å². The van der Waals surface area contributed by atoms with Gasteiger partial charge in [0.15, 0.2) is 0 Å². The zero-order valence-corrected chi connectivity index (χ0v) is 12.5. The Hall–Kier alpha value is -2.41. The second kappa shape index (κ2) is 6.78. The van der Waals surface area contributed by atoms with E-state index in [2.05, 4.69) is 5.10 Å². The fourth-order valence-electron chi connectivity index (χ4n) is 1.91. The van der Waals surface area contributed by atoms with Gasteiger partial charge in [0, 0.05) is 10.6 Å². The molecule has 0 heterocycles. The molecule has 2 aromatic rings. The molecule has 0 fully saturated rings. The quantitative estimate of drug-likeness (QED) is 0.386. The molecule has 0 unspecified atom stereocenters. The zero-order valence-electron chi connectivity index (χ0n) is 11.8. The normalized spacial score (nSPS) is 12.3. The first kappa shape index (κ1) is 17.0. The molecule has 0 aromatic heterocycles. The van der Waals surface area contributed by atoms with Crippen molar-refractivity contribution < 1.29 is 17.9 Å². The van der Waals surface area contributed by atoms with Crippen LogP contribution in [0.15, 0.2) is 47.6 Å². The Kier molecular flexibility index (Phi) is 5.00. The van der Waals surface area contributed by atoms with Crippen LogP contribution in [-0.2, 0) is 12.8 Å². The van der Waals surface area contributed by atoms with Gasteiger partial charge in [-0.25, -0.2) is 0 Å². The van der Waals surface area contributed by atoms with Crippen molar-refractivity contribution >= 4 is 17.4 Å². The van der Waals surface area contributed by atoms with E-state index in [1.54, 1.807) is 24.3 Å². The average Bonchev–Trinajstić information content (AvgIpc) is 2.52. The SMILES string of the molecule is N/N=C(\N)c1cccc(COc2ccc(Cl)cc2C(F)(F)F)c1. The van der Waals surface area contributed by atoms with Crippen LogP contribution in [0.5, 0.6) is 5.75 Å². The second-order valence-corrected chi connectivity index (χ2v) is 5.08. The van der Waals surface area contributed by atoms with Crippen molar-refractivity contribution in [2.45, 2.75) is 12.8 Å². The first-order chi connectivity index (χ1) is 10.8. The van der Waals surface area contributed by atoms with E-state index in [1.807, 2.05) is 0 Å². The molecule has 0 aliphatic rings. The Morgan fingerprint density at radius 2 is 1.91 bits per heavy atom. The number of hydrazone groups is 1. The molecule has 122 valence electrons. The number of ether oxygens (including phenoxy) is 1. The van der Waals surface area contributed by atoms with Crippen molar-refractivity contribution in [2.75, 3.05) is 0 Å². The molecule has 4 N–H and O–H groups in total. The van der Waals surface area contributed by atoms with Gasteiger partial charge in [0.1, 0.15) is 18.2 Å². The minimum Gasteiger partial charge on any atom is -0.488 e. The zero-order chi connectivity index (χ0) is 17.0. The Bertz CT molecular complexity index is 732. The molecule has 0 saturated heterocycles. The number of halogens is 4. The van der Waals surface area contributed by atoms with Gasteiger partial charge < -0.3 is 16.3 Å². The highest BCUT2D eigenvalue weighted by molar-refractivity contribution is 6.30. The molecule has 0 bridgehead atoms. The summed E-state index contributed by atoms with van der Waals surface area (Å²) in [6.45, 7) is -0.0730. The third-order valence-corrected chi connectivity index (χ3v) is 3.24. The van der Waals surface area contributed by atoms with Gasteiger partial charge in [-0.05, 0) is 29.8 Å². The topological polar surface area (TPSA) is 73.6 Å². The van der Waals surface area contributed by atoms with E-state index in [-0.39, 0.29) is 23.2 Å². The number of hydrogen-bond donors (Lipinski definition) is 2. The van der Waals surface area contributed by atoms with E-state index in [1.165, 1.54) is 12.1 Å². The Morgan fingerprint density at radius 3 is 2.57 bits per heavy atom. The van der Waals surface area contributed by atoms with E-state index in [0.29, 0.717) is 11.1 Å². The first-order valence-electron chi connectivity index (χ1n) is 6.43. The van der Waals surface area contributed by atoms with Gasteiger partial charge in [-0.3, -0.25) is 0 Å². The number of benzene rings is 2. The largest absolute Gasteiger partial charge is 0.488 e.